The Kier molecular flexibility index (Phi) is 6.85. The van der Waals surface area contributed by atoms with Crippen LogP contribution in [0.15, 0.2) is 24.3 Å². The number of amides is 2. The maximum atomic E-state index is 11.9. The van der Waals surface area contributed by atoms with Gasteiger partial charge in [0.15, 0.2) is 0 Å². The van der Waals surface area contributed by atoms with Crippen LogP contribution in [0.4, 0.5) is 10.5 Å². The summed E-state index contributed by atoms with van der Waals surface area (Å²) in [5.41, 5.74) is 0.584. The van der Waals surface area contributed by atoms with E-state index < -0.39 is 11.7 Å². The molecule has 2 amide bonds. The molecule has 0 spiro atoms. The topological polar surface area (TPSA) is 79.5 Å². The molecule has 0 saturated carbocycles. The van der Waals surface area contributed by atoms with Gasteiger partial charge in [-0.3, -0.25) is 10.1 Å². The van der Waals surface area contributed by atoms with Crippen LogP contribution in [0.2, 0.25) is 0 Å². The van der Waals surface area contributed by atoms with E-state index in [-0.39, 0.29) is 5.91 Å². The molecule has 1 aromatic carbocycles. The third kappa shape index (κ3) is 7.08. The van der Waals surface area contributed by atoms with Crippen LogP contribution in [0.5, 0.6) is 0 Å². The Hall–Kier alpha value is -2.08. The number of benzene rings is 1. The molecular weight excluding hydrogens is 282 g/mol. The molecule has 0 bridgehead atoms. The van der Waals surface area contributed by atoms with Gasteiger partial charge in [-0.2, -0.15) is 0 Å². The summed E-state index contributed by atoms with van der Waals surface area (Å²) in [4.78, 5) is 23.5. The first-order valence-electron chi connectivity index (χ1n) is 7.41. The van der Waals surface area contributed by atoms with Crippen molar-refractivity contribution in [2.45, 2.75) is 33.3 Å². The van der Waals surface area contributed by atoms with Crippen LogP contribution < -0.4 is 16.0 Å². The molecule has 0 atom stereocenters. The molecule has 0 unspecified atom stereocenters. The maximum Gasteiger partial charge on any atom is 0.412 e. The van der Waals surface area contributed by atoms with Gasteiger partial charge in [0.05, 0.1) is 0 Å². The van der Waals surface area contributed by atoms with Gasteiger partial charge in [0.1, 0.15) is 5.60 Å². The summed E-state index contributed by atoms with van der Waals surface area (Å²) in [6, 6.07) is 6.66. The minimum Gasteiger partial charge on any atom is -0.444 e. The summed E-state index contributed by atoms with van der Waals surface area (Å²) in [6.07, 6.45) is -0.518. The second-order valence-corrected chi connectivity index (χ2v) is 5.81. The van der Waals surface area contributed by atoms with Crippen LogP contribution in [0, 0.1) is 0 Å². The Morgan fingerprint density at radius 1 is 1.09 bits per heavy atom. The summed E-state index contributed by atoms with van der Waals surface area (Å²) >= 11 is 0. The summed E-state index contributed by atoms with van der Waals surface area (Å²) in [6.45, 7) is 9.60. The average molecular weight is 307 g/mol. The second-order valence-electron chi connectivity index (χ2n) is 5.81. The standard InChI is InChI=1S/C16H25N3O3/c1-5-17-10-11-18-14(20)12-6-8-13(9-7-12)19-15(21)22-16(2,3)4/h6-9,17H,5,10-11H2,1-4H3,(H,18,20)(H,19,21). The summed E-state index contributed by atoms with van der Waals surface area (Å²) < 4.78 is 5.16. The first-order chi connectivity index (χ1) is 10.3. The number of carbonyl (C=O) groups is 2. The maximum absolute atomic E-state index is 11.9. The minimum atomic E-state index is -0.545. The van der Waals surface area contributed by atoms with E-state index >= 15 is 0 Å². The number of hydrogen-bond donors (Lipinski definition) is 3. The van der Waals surface area contributed by atoms with Crippen LogP contribution in [0.25, 0.3) is 0 Å². The third-order valence-corrected chi connectivity index (χ3v) is 2.63. The van der Waals surface area contributed by atoms with Crippen LogP contribution >= 0.6 is 0 Å². The fourth-order valence-electron chi connectivity index (χ4n) is 1.67. The molecule has 1 aromatic rings. The van der Waals surface area contributed by atoms with E-state index in [0.29, 0.717) is 17.8 Å². The third-order valence-electron chi connectivity index (χ3n) is 2.63. The first-order valence-corrected chi connectivity index (χ1v) is 7.41. The number of anilines is 1. The molecule has 3 N–H and O–H groups in total. The van der Waals surface area contributed by atoms with E-state index in [2.05, 4.69) is 16.0 Å². The monoisotopic (exact) mass is 307 g/mol. The van der Waals surface area contributed by atoms with Crippen LogP contribution in [-0.4, -0.2) is 37.2 Å². The predicted octanol–water partition coefficient (Wildman–Crippen LogP) is 2.37. The smallest absolute Gasteiger partial charge is 0.412 e. The van der Waals surface area contributed by atoms with Gasteiger partial charge < -0.3 is 15.4 Å². The van der Waals surface area contributed by atoms with E-state index in [1.807, 2.05) is 6.92 Å². The van der Waals surface area contributed by atoms with E-state index in [9.17, 15) is 9.59 Å². The first kappa shape index (κ1) is 18.0. The van der Waals surface area contributed by atoms with Gasteiger partial charge in [-0.05, 0) is 51.6 Å². The molecule has 0 heterocycles. The van der Waals surface area contributed by atoms with Crippen molar-refractivity contribution in [3.05, 3.63) is 29.8 Å². The van der Waals surface area contributed by atoms with E-state index in [1.54, 1.807) is 45.0 Å². The van der Waals surface area contributed by atoms with Crippen molar-refractivity contribution in [1.29, 1.82) is 0 Å². The highest BCUT2D eigenvalue weighted by Crippen LogP contribution is 2.12. The average Bonchev–Trinajstić information content (AvgIpc) is 2.42. The fourth-order valence-corrected chi connectivity index (χ4v) is 1.67. The summed E-state index contributed by atoms with van der Waals surface area (Å²) in [7, 11) is 0. The van der Waals surface area contributed by atoms with Gasteiger partial charge in [-0.25, -0.2) is 4.79 Å². The van der Waals surface area contributed by atoms with E-state index in [0.717, 1.165) is 13.1 Å². The highest BCUT2D eigenvalue weighted by Gasteiger charge is 2.16. The largest absolute Gasteiger partial charge is 0.444 e. The molecule has 22 heavy (non-hydrogen) atoms. The Morgan fingerprint density at radius 2 is 1.73 bits per heavy atom. The molecule has 0 fully saturated rings. The van der Waals surface area contributed by atoms with Crippen molar-refractivity contribution < 1.29 is 14.3 Å². The molecule has 122 valence electrons. The van der Waals surface area contributed by atoms with Gasteiger partial charge in [-0.15, -0.1) is 0 Å². The molecule has 0 aliphatic rings. The Morgan fingerprint density at radius 3 is 2.27 bits per heavy atom. The van der Waals surface area contributed by atoms with E-state index in [4.69, 9.17) is 4.74 Å². The lowest BCUT2D eigenvalue weighted by atomic mass is 10.2. The lowest BCUT2D eigenvalue weighted by Crippen LogP contribution is -2.31. The highest BCUT2D eigenvalue weighted by molar-refractivity contribution is 5.95. The predicted molar refractivity (Wildman–Crippen MR) is 87.2 cm³/mol. The van der Waals surface area contributed by atoms with Crippen LogP contribution in [-0.2, 0) is 4.74 Å². The van der Waals surface area contributed by atoms with Crippen molar-refractivity contribution in [3.63, 3.8) is 0 Å². The molecule has 1 rings (SSSR count). The van der Waals surface area contributed by atoms with Crippen LogP contribution in [0.1, 0.15) is 38.1 Å². The number of rotatable bonds is 6. The lowest BCUT2D eigenvalue weighted by Gasteiger charge is -2.19. The molecular formula is C16H25N3O3. The molecule has 0 aliphatic heterocycles. The highest BCUT2D eigenvalue weighted by atomic mass is 16.6. The lowest BCUT2D eigenvalue weighted by molar-refractivity contribution is 0.0635. The van der Waals surface area contributed by atoms with Gasteiger partial charge >= 0.3 is 6.09 Å². The molecule has 0 radical (unpaired) electrons. The number of likely N-dealkylation sites (N-methyl/N-ethyl adjacent to an activating group) is 1. The van der Waals surface area contributed by atoms with Crippen molar-refractivity contribution in [3.8, 4) is 0 Å². The minimum absolute atomic E-state index is 0.137. The zero-order valence-electron chi connectivity index (χ0n) is 13.7. The zero-order valence-corrected chi connectivity index (χ0v) is 13.7. The zero-order chi connectivity index (χ0) is 16.6. The van der Waals surface area contributed by atoms with Crippen molar-refractivity contribution in [2.24, 2.45) is 0 Å². The number of hydrogen-bond acceptors (Lipinski definition) is 4. The van der Waals surface area contributed by atoms with Crippen LogP contribution in [0.3, 0.4) is 0 Å². The van der Waals surface area contributed by atoms with Crippen molar-refractivity contribution in [2.75, 3.05) is 25.0 Å². The van der Waals surface area contributed by atoms with Gasteiger partial charge in [0, 0.05) is 24.3 Å². The van der Waals surface area contributed by atoms with Gasteiger partial charge in [0.2, 0.25) is 0 Å². The number of ether oxygens (including phenoxy) is 1. The van der Waals surface area contributed by atoms with Gasteiger partial charge in [-0.1, -0.05) is 6.92 Å². The molecule has 0 aromatic heterocycles. The van der Waals surface area contributed by atoms with Crippen molar-refractivity contribution >= 4 is 17.7 Å². The summed E-state index contributed by atoms with van der Waals surface area (Å²) in [5, 5.41) is 8.56. The molecule has 0 aliphatic carbocycles. The Balaban J connectivity index is 2.48. The van der Waals surface area contributed by atoms with Crippen molar-refractivity contribution in [1.82, 2.24) is 10.6 Å². The Bertz CT molecular complexity index is 492. The van der Waals surface area contributed by atoms with Gasteiger partial charge in [0.25, 0.3) is 5.91 Å². The molecule has 6 heteroatoms. The summed E-state index contributed by atoms with van der Waals surface area (Å²) in [5.74, 6) is -0.137. The second kappa shape index (κ2) is 8.38. The number of nitrogens with one attached hydrogen (secondary N) is 3. The fraction of sp³-hybridized carbons (Fsp3) is 0.500. The van der Waals surface area contributed by atoms with E-state index in [1.165, 1.54) is 0 Å². The molecule has 6 nitrogen and oxygen atoms in total. The SMILES string of the molecule is CCNCCNC(=O)c1ccc(NC(=O)OC(C)(C)C)cc1. The normalized spacial score (nSPS) is 10.9. The molecule has 0 saturated heterocycles. The Labute approximate surface area is 131 Å². The number of carbonyl (C=O) groups excluding carboxylic acids is 2. The quantitative estimate of drug-likeness (QED) is 0.705.